The molecule has 2 rings (SSSR count). The SMILES string of the molecule is CC/C=C\C/C=C\C/C=C\C/C=C\C/C=C\CCCCCCCCCCCCCCCCCCCC(=O)NC(COC1OC(CO)C(OC2OC(CO)C(O)C(O)C2O)C(O)C1O)C(O)/C=C/CC/C=C/CCCCCCCCCCCC. The largest absolute Gasteiger partial charge is 0.394 e. The van der Waals surface area contributed by atoms with E-state index in [4.69, 9.17) is 18.9 Å². The Labute approximate surface area is 503 Å². The van der Waals surface area contributed by atoms with Gasteiger partial charge in [0.2, 0.25) is 5.91 Å². The van der Waals surface area contributed by atoms with Crippen LogP contribution in [0.3, 0.4) is 0 Å². The smallest absolute Gasteiger partial charge is 0.220 e. The maximum atomic E-state index is 13.3. The summed E-state index contributed by atoms with van der Waals surface area (Å²) in [5.41, 5.74) is 0. The lowest BCUT2D eigenvalue weighted by molar-refractivity contribution is -0.359. The van der Waals surface area contributed by atoms with E-state index in [1.807, 2.05) is 6.08 Å². The van der Waals surface area contributed by atoms with Gasteiger partial charge in [0.1, 0.15) is 48.8 Å². The van der Waals surface area contributed by atoms with E-state index in [-0.39, 0.29) is 18.9 Å². The summed E-state index contributed by atoms with van der Waals surface area (Å²) in [6.07, 6.45) is 56.4. The molecule has 480 valence electrons. The van der Waals surface area contributed by atoms with Crippen LogP contribution in [0.1, 0.15) is 251 Å². The van der Waals surface area contributed by atoms with Gasteiger partial charge in [0.25, 0.3) is 0 Å². The third kappa shape index (κ3) is 38.1. The minimum Gasteiger partial charge on any atom is -0.394 e. The summed E-state index contributed by atoms with van der Waals surface area (Å²) < 4.78 is 22.8. The van der Waals surface area contributed by atoms with Crippen LogP contribution < -0.4 is 5.32 Å². The molecule has 14 nitrogen and oxygen atoms in total. The highest BCUT2D eigenvalue weighted by Gasteiger charge is 2.51. The molecule has 0 aromatic rings. The Bertz CT molecular complexity index is 1710. The van der Waals surface area contributed by atoms with E-state index >= 15 is 0 Å². The first-order valence-corrected chi connectivity index (χ1v) is 33.3. The number of amides is 1. The van der Waals surface area contributed by atoms with E-state index in [2.05, 4.69) is 92.1 Å². The Morgan fingerprint density at radius 2 is 0.843 bits per heavy atom. The van der Waals surface area contributed by atoms with Crippen LogP contribution in [0.4, 0.5) is 0 Å². The van der Waals surface area contributed by atoms with Gasteiger partial charge in [0, 0.05) is 6.42 Å². The highest BCUT2D eigenvalue weighted by atomic mass is 16.7. The molecule has 9 N–H and O–H groups in total. The normalized spacial score (nSPS) is 24.4. The first-order chi connectivity index (χ1) is 40.6. The van der Waals surface area contributed by atoms with Crippen LogP contribution in [-0.4, -0.2) is 140 Å². The van der Waals surface area contributed by atoms with Crippen molar-refractivity contribution in [2.45, 2.75) is 325 Å². The Kier molecular flexibility index (Phi) is 49.1. The molecule has 0 aromatic carbocycles. The molecule has 2 heterocycles. The van der Waals surface area contributed by atoms with Crippen LogP contribution in [0.2, 0.25) is 0 Å². The number of hydrogen-bond donors (Lipinski definition) is 9. The third-order valence-electron chi connectivity index (χ3n) is 15.8. The van der Waals surface area contributed by atoms with E-state index < -0.39 is 86.8 Å². The maximum Gasteiger partial charge on any atom is 0.220 e. The van der Waals surface area contributed by atoms with E-state index in [0.717, 1.165) is 64.2 Å². The van der Waals surface area contributed by atoms with Crippen molar-refractivity contribution in [3.63, 3.8) is 0 Å². The summed E-state index contributed by atoms with van der Waals surface area (Å²) >= 11 is 0. The van der Waals surface area contributed by atoms with Crippen molar-refractivity contribution in [3.8, 4) is 0 Å². The molecule has 83 heavy (non-hydrogen) atoms. The Morgan fingerprint density at radius 3 is 1.33 bits per heavy atom. The zero-order valence-corrected chi connectivity index (χ0v) is 51.9. The van der Waals surface area contributed by atoms with Crippen LogP contribution in [0, 0.1) is 0 Å². The number of ether oxygens (including phenoxy) is 4. The summed E-state index contributed by atoms with van der Waals surface area (Å²) in [4.78, 5) is 13.3. The number of rotatable bonds is 53. The molecule has 2 aliphatic rings. The number of unbranched alkanes of at least 4 members (excludes halogenated alkanes) is 28. The average Bonchev–Trinajstić information content (AvgIpc) is 3.63. The van der Waals surface area contributed by atoms with Gasteiger partial charge in [-0.2, -0.15) is 0 Å². The molecule has 14 heteroatoms. The van der Waals surface area contributed by atoms with Gasteiger partial charge < -0.3 is 65.1 Å². The Hall–Kier alpha value is -2.83. The van der Waals surface area contributed by atoms with Gasteiger partial charge in [-0.15, -0.1) is 0 Å². The van der Waals surface area contributed by atoms with Crippen molar-refractivity contribution in [2.24, 2.45) is 0 Å². The molecule has 12 atom stereocenters. The molecule has 2 saturated heterocycles. The van der Waals surface area contributed by atoms with Gasteiger partial charge in [-0.25, -0.2) is 0 Å². The van der Waals surface area contributed by atoms with Crippen LogP contribution in [0.15, 0.2) is 85.1 Å². The second-order valence-electron chi connectivity index (χ2n) is 23.2. The standard InChI is InChI=1S/C69H121NO13/c1-3-5-7-9-11-13-15-17-19-21-22-23-24-25-26-27-28-29-30-31-32-33-34-35-36-37-39-41-43-45-47-49-51-53-61(74)70-57(58(73)52-50-48-46-44-42-40-38-20-18-16-14-12-10-8-6-4-2)56-80-68-66(79)64(77)67(60(55-72)82-68)83-69-65(78)63(76)62(75)59(54-71)81-69/h5,7,11,13,17,19,22-23,25-26,42,44,50,52,57-60,62-69,71-73,75-79H,3-4,6,8-10,12,14-16,18,20-21,24,27-41,43,45-49,51,53-56H2,1-2H3,(H,70,74)/b7-5-,13-11-,19-17-,23-22-,26-25-,44-42+,52-50+. The van der Waals surface area contributed by atoms with Gasteiger partial charge in [-0.3, -0.25) is 4.79 Å². The fourth-order valence-electron chi connectivity index (χ4n) is 10.5. The minimum atomic E-state index is -1.79. The van der Waals surface area contributed by atoms with Crippen LogP contribution in [-0.2, 0) is 23.7 Å². The van der Waals surface area contributed by atoms with E-state index in [0.29, 0.717) is 12.8 Å². The first-order valence-electron chi connectivity index (χ1n) is 33.3. The monoisotopic (exact) mass is 1170 g/mol. The minimum absolute atomic E-state index is 0.250. The molecule has 0 aromatic heterocycles. The lowest BCUT2D eigenvalue weighted by Gasteiger charge is -2.46. The molecule has 0 spiro atoms. The molecule has 0 saturated carbocycles. The van der Waals surface area contributed by atoms with E-state index in [1.54, 1.807) is 6.08 Å². The molecule has 2 aliphatic heterocycles. The molecule has 2 fully saturated rings. The predicted octanol–water partition coefficient (Wildman–Crippen LogP) is 12.8. The van der Waals surface area contributed by atoms with Crippen molar-refractivity contribution in [1.82, 2.24) is 5.32 Å². The van der Waals surface area contributed by atoms with Crippen LogP contribution in [0.25, 0.3) is 0 Å². The zero-order valence-electron chi connectivity index (χ0n) is 51.9. The van der Waals surface area contributed by atoms with Crippen molar-refractivity contribution in [1.29, 1.82) is 0 Å². The number of aliphatic hydroxyl groups excluding tert-OH is 8. The number of nitrogens with one attached hydrogen (secondary N) is 1. The van der Waals surface area contributed by atoms with Crippen molar-refractivity contribution >= 4 is 5.91 Å². The Morgan fingerprint density at radius 1 is 0.446 bits per heavy atom. The average molecular weight is 1170 g/mol. The predicted molar refractivity (Wildman–Crippen MR) is 336 cm³/mol. The van der Waals surface area contributed by atoms with E-state index in [9.17, 15) is 45.6 Å². The summed E-state index contributed by atoms with van der Waals surface area (Å²) in [5, 5.41) is 87.2. The summed E-state index contributed by atoms with van der Waals surface area (Å²) in [5.74, 6) is -0.250. The molecular formula is C69H121NO13. The van der Waals surface area contributed by atoms with Gasteiger partial charge in [-0.1, -0.05) is 253 Å². The number of hydrogen-bond acceptors (Lipinski definition) is 13. The van der Waals surface area contributed by atoms with Crippen molar-refractivity contribution in [2.75, 3.05) is 19.8 Å². The van der Waals surface area contributed by atoms with Crippen LogP contribution in [0.5, 0.6) is 0 Å². The summed E-state index contributed by atoms with van der Waals surface area (Å²) in [7, 11) is 0. The molecular weight excluding hydrogens is 1050 g/mol. The fourth-order valence-corrected chi connectivity index (χ4v) is 10.5. The highest BCUT2D eigenvalue weighted by Crippen LogP contribution is 2.30. The molecule has 1 amide bonds. The number of carbonyl (C=O) groups is 1. The van der Waals surface area contributed by atoms with Gasteiger partial charge >= 0.3 is 0 Å². The third-order valence-corrected chi connectivity index (χ3v) is 15.8. The lowest BCUT2D eigenvalue weighted by Crippen LogP contribution is -2.65. The second kappa shape index (κ2) is 53.4. The Balaban J connectivity index is 1.66. The quantitative estimate of drug-likeness (QED) is 0.0204. The summed E-state index contributed by atoms with van der Waals surface area (Å²) in [6, 6.07) is -0.934. The zero-order chi connectivity index (χ0) is 60.2. The molecule has 12 unspecified atom stereocenters. The highest BCUT2D eigenvalue weighted by molar-refractivity contribution is 5.76. The van der Waals surface area contributed by atoms with Crippen molar-refractivity contribution in [3.05, 3.63) is 85.1 Å². The topological polar surface area (TPSA) is 228 Å². The number of aliphatic hydroxyl groups is 8. The van der Waals surface area contributed by atoms with Crippen molar-refractivity contribution < 1.29 is 64.6 Å². The fraction of sp³-hybridized carbons (Fsp3) is 0.783. The van der Waals surface area contributed by atoms with Gasteiger partial charge in [0.05, 0.1) is 32.0 Å². The van der Waals surface area contributed by atoms with E-state index in [1.165, 1.54) is 154 Å². The molecule has 0 radical (unpaired) electrons. The first kappa shape index (κ1) is 76.3. The van der Waals surface area contributed by atoms with Gasteiger partial charge in [-0.05, 0) is 77.0 Å². The lowest BCUT2D eigenvalue weighted by atomic mass is 9.97. The summed E-state index contributed by atoms with van der Waals surface area (Å²) in [6.45, 7) is 2.67. The second-order valence-corrected chi connectivity index (χ2v) is 23.2. The molecule has 0 bridgehead atoms. The number of carbonyl (C=O) groups excluding carboxylic acids is 1. The maximum absolute atomic E-state index is 13.3. The van der Waals surface area contributed by atoms with Crippen LogP contribution >= 0.6 is 0 Å². The molecule has 0 aliphatic carbocycles. The van der Waals surface area contributed by atoms with Gasteiger partial charge in [0.15, 0.2) is 12.6 Å². The number of allylic oxidation sites excluding steroid dienone is 13.